The Bertz CT molecular complexity index is 353. The first-order valence-electron chi connectivity index (χ1n) is 4.57. The highest BCUT2D eigenvalue weighted by Crippen LogP contribution is 2.32. The highest BCUT2D eigenvalue weighted by molar-refractivity contribution is 7.98. The number of aldehydes is 1. The van der Waals surface area contributed by atoms with Crippen LogP contribution in [0.25, 0.3) is 0 Å². The zero-order valence-electron chi connectivity index (χ0n) is 8.75. The van der Waals surface area contributed by atoms with Crippen LogP contribution in [-0.2, 0) is 11.2 Å². The van der Waals surface area contributed by atoms with Gasteiger partial charge in [0.15, 0.2) is 0 Å². The number of benzene rings is 1. The lowest BCUT2D eigenvalue weighted by atomic mass is 10.1. The summed E-state index contributed by atoms with van der Waals surface area (Å²) in [4.78, 5) is 10.7. The SMILES string of the molecule is COc1ccc(CCC=O)c(F)c1SC. The molecule has 0 aliphatic rings. The third kappa shape index (κ3) is 2.72. The van der Waals surface area contributed by atoms with Gasteiger partial charge in [0.2, 0.25) is 0 Å². The molecular weight excluding hydrogens is 215 g/mol. The smallest absolute Gasteiger partial charge is 0.143 e. The molecule has 0 bridgehead atoms. The Hall–Kier alpha value is -1.03. The molecule has 0 atom stereocenters. The number of halogens is 1. The molecule has 0 spiro atoms. The van der Waals surface area contributed by atoms with Crippen molar-refractivity contribution in [3.63, 3.8) is 0 Å². The maximum atomic E-state index is 13.8. The largest absolute Gasteiger partial charge is 0.495 e. The van der Waals surface area contributed by atoms with Crippen LogP contribution in [-0.4, -0.2) is 19.7 Å². The summed E-state index contributed by atoms with van der Waals surface area (Å²) in [5.74, 6) is 0.263. The number of ether oxygens (including phenoxy) is 1. The van der Waals surface area contributed by atoms with Crippen molar-refractivity contribution in [3.05, 3.63) is 23.5 Å². The first-order valence-corrected chi connectivity index (χ1v) is 5.80. The van der Waals surface area contributed by atoms with Crippen LogP contribution >= 0.6 is 11.8 Å². The van der Waals surface area contributed by atoms with Gasteiger partial charge in [-0.3, -0.25) is 0 Å². The maximum absolute atomic E-state index is 13.8. The molecule has 0 aliphatic heterocycles. The van der Waals surface area contributed by atoms with Crippen molar-refractivity contribution in [2.75, 3.05) is 13.4 Å². The normalized spacial score (nSPS) is 10.1. The monoisotopic (exact) mass is 228 g/mol. The molecule has 1 aromatic rings. The molecule has 0 amide bonds. The van der Waals surface area contributed by atoms with Gasteiger partial charge in [-0.25, -0.2) is 4.39 Å². The second kappa shape index (κ2) is 5.75. The van der Waals surface area contributed by atoms with E-state index in [1.165, 1.54) is 18.9 Å². The lowest BCUT2D eigenvalue weighted by molar-refractivity contribution is -0.107. The number of thioether (sulfide) groups is 1. The standard InChI is InChI=1S/C11H13FO2S/c1-14-9-6-5-8(4-3-7-13)10(12)11(9)15-2/h5-7H,3-4H2,1-2H3. The number of carbonyl (C=O) groups excluding carboxylic acids is 1. The molecule has 0 heterocycles. The summed E-state index contributed by atoms with van der Waals surface area (Å²) in [5, 5.41) is 0. The molecule has 1 aromatic carbocycles. The fourth-order valence-corrected chi connectivity index (χ4v) is 2.00. The summed E-state index contributed by atoms with van der Waals surface area (Å²) in [6.45, 7) is 0. The van der Waals surface area contributed by atoms with Crippen molar-refractivity contribution in [2.45, 2.75) is 17.7 Å². The fraction of sp³-hybridized carbons (Fsp3) is 0.364. The number of hydrogen-bond donors (Lipinski definition) is 0. The molecule has 0 unspecified atom stereocenters. The maximum Gasteiger partial charge on any atom is 0.143 e. The van der Waals surface area contributed by atoms with Crippen molar-refractivity contribution < 1.29 is 13.9 Å². The highest BCUT2D eigenvalue weighted by atomic mass is 32.2. The van der Waals surface area contributed by atoms with E-state index in [1.807, 2.05) is 0 Å². The van der Waals surface area contributed by atoms with Crippen molar-refractivity contribution >= 4 is 18.0 Å². The number of rotatable bonds is 5. The third-order valence-corrected chi connectivity index (χ3v) is 2.89. The Balaban J connectivity index is 3.05. The molecule has 0 aromatic heterocycles. The van der Waals surface area contributed by atoms with Crippen LogP contribution in [0.4, 0.5) is 4.39 Å². The van der Waals surface area contributed by atoms with Crippen LogP contribution in [0.15, 0.2) is 17.0 Å². The summed E-state index contributed by atoms with van der Waals surface area (Å²) < 4.78 is 18.9. The van der Waals surface area contributed by atoms with E-state index in [2.05, 4.69) is 0 Å². The van der Waals surface area contributed by atoms with E-state index >= 15 is 0 Å². The molecule has 4 heteroatoms. The molecule has 15 heavy (non-hydrogen) atoms. The Kier molecular flexibility index (Phi) is 4.62. The van der Waals surface area contributed by atoms with Gasteiger partial charge < -0.3 is 9.53 Å². The van der Waals surface area contributed by atoms with Gasteiger partial charge in [0.25, 0.3) is 0 Å². The van der Waals surface area contributed by atoms with Gasteiger partial charge in [0.1, 0.15) is 17.9 Å². The predicted molar refractivity (Wildman–Crippen MR) is 59.1 cm³/mol. The predicted octanol–water partition coefficient (Wildman–Crippen LogP) is 2.69. The van der Waals surface area contributed by atoms with E-state index in [-0.39, 0.29) is 5.82 Å². The van der Waals surface area contributed by atoms with E-state index in [0.29, 0.717) is 29.1 Å². The van der Waals surface area contributed by atoms with E-state index in [0.717, 1.165) is 6.29 Å². The molecule has 2 nitrogen and oxygen atoms in total. The van der Waals surface area contributed by atoms with Gasteiger partial charge in [-0.1, -0.05) is 6.07 Å². The quantitative estimate of drug-likeness (QED) is 0.572. The molecular formula is C11H13FO2S. The van der Waals surface area contributed by atoms with Crippen LogP contribution in [0.1, 0.15) is 12.0 Å². The zero-order valence-corrected chi connectivity index (χ0v) is 9.57. The van der Waals surface area contributed by atoms with E-state index in [1.54, 1.807) is 18.4 Å². The minimum absolute atomic E-state index is 0.274. The number of methoxy groups -OCH3 is 1. The summed E-state index contributed by atoms with van der Waals surface area (Å²) >= 11 is 1.31. The molecule has 0 N–H and O–H groups in total. The number of carbonyl (C=O) groups is 1. The third-order valence-electron chi connectivity index (χ3n) is 2.10. The van der Waals surface area contributed by atoms with Crippen molar-refractivity contribution in [1.29, 1.82) is 0 Å². The average Bonchev–Trinajstić information content (AvgIpc) is 2.27. The lowest BCUT2D eigenvalue weighted by Crippen LogP contribution is -1.96. The fourth-order valence-electron chi connectivity index (χ4n) is 1.34. The van der Waals surface area contributed by atoms with Gasteiger partial charge in [-0.15, -0.1) is 11.8 Å². The first-order chi connectivity index (χ1) is 7.24. The molecule has 82 valence electrons. The molecule has 0 fully saturated rings. The van der Waals surface area contributed by atoms with Gasteiger partial charge in [0, 0.05) is 6.42 Å². The molecule has 0 saturated carbocycles. The van der Waals surface area contributed by atoms with E-state index < -0.39 is 0 Å². The summed E-state index contributed by atoms with van der Waals surface area (Å²) in [7, 11) is 1.51. The van der Waals surface area contributed by atoms with Gasteiger partial charge in [0.05, 0.1) is 12.0 Å². The van der Waals surface area contributed by atoms with Crippen molar-refractivity contribution in [1.82, 2.24) is 0 Å². The Labute approximate surface area is 92.8 Å². The Morgan fingerprint density at radius 3 is 2.80 bits per heavy atom. The second-order valence-corrected chi connectivity index (χ2v) is 3.80. The zero-order chi connectivity index (χ0) is 11.3. The lowest BCUT2D eigenvalue weighted by Gasteiger charge is -2.10. The summed E-state index contributed by atoms with van der Waals surface area (Å²) in [6, 6.07) is 3.40. The number of aryl methyl sites for hydroxylation is 1. The molecule has 0 saturated heterocycles. The van der Waals surface area contributed by atoms with Crippen molar-refractivity contribution in [2.24, 2.45) is 0 Å². The minimum atomic E-state index is -0.274. The molecule has 0 radical (unpaired) electrons. The van der Waals surface area contributed by atoms with Crippen molar-refractivity contribution in [3.8, 4) is 5.75 Å². The topological polar surface area (TPSA) is 26.3 Å². The molecule has 1 rings (SSSR count). The second-order valence-electron chi connectivity index (χ2n) is 2.98. The molecule has 0 aliphatic carbocycles. The van der Waals surface area contributed by atoms with Crippen LogP contribution in [0, 0.1) is 5.82 Å². The van der Waals surface area contributed by atoms with Gasteiger partial charge in [-0.2, -0.15) is 0 Å². The Morgan fingerprint density at radius 1 is 1.53 bits per heavy atom. The van der Waals surface area contributed by atoms with Crippen LogP contribution in [0.5, 0.6) is 5.75 Å². The van der Waals surface area contributed by atoms with E-state index in [9.17, 15) is 9.18 Å². The van der Waals surface area contributed by atoms with Gasteiger partial charge in [-0.05, 0) is 24.3 Å². The van der Waals surface area contributed by atoms with Crippen LogP contribution in [0.2, 0.25) is 0 Å². The average molecular weight is 228 g/mol. The van der Waals surface area contributed by atoms with Crippen LogP contribution in [0.3, 0.4) is 0 Å². The Morgan fingerprint density at radius 2 is 2.27 bits per heavy atom. The number of hydrogen-bond acceptors (Lipinski definition) is 3. The first kappa shape index (κ1) is 12.0. The van der Waals surface area contributed by atoms with Gasteiger partial charge >= 0.3 is 0 Å². The summed E-state index contributed by atoms with van der Waals surface area (Å²) in [5.41, 5.74) is 0.562. The highest BCUT2D eigenvalue weighted by Gasteiger charge is 2.12. The summed E-state index contributed by atoms with van der Waals surface area (Å²) in [6.07, 6.45) is 3.37. The van der Waals surface area contributed by atoms with E-state index in [4.69, 9.17) is 4.74 Å². The van der Waals surface area contributed by atoms with Crippen LogP contribution < -0.4 is 4.74 Å². The minimum Gasteiger partial charge on any atom is -0.495 e.